The summed E-state index contributed by atoms with van der Waals surface area (Å²) in [5, 5.41) is 0. The van der Waals surface area contributed by atoms with Crippen molar-refractivity contribution in [1.82, 2.24) is 4.31 Å². The number of morpholine rings is 1. The predicted molar refractivity (Wildman–Crippen MR) is 83.7 cm³/mol. The van der Waals surface area contributed by atoms with E-state index in [0.29, 0.717) is 12.4 Å². The lowest BCUT2D eigenvalue weighted by Gasteiger charge is -2.32. The first-order valence-corrected chi connectivity index (χ1v) is 8.53. The van der Waals surface area contributed by atoms with Gasteiger partial charge in [0.25, 0.3) is 10.0 Å². The lowest BCUT2D eigenvalue weighted by Crippen LogP contribution is -2.48. The van der Waals surface area contributed by atoms with Crippen molar-refractivity contribution in [2.75, 3.05) is 47.6 Å². The van der Waals surface area contributed by atoms with Gasteiger partial charge in [0.2, 0.25) is 0 Å². The molecule has 0 aromatic heterocycles. The van der Waals surface area contributed by atoms with Gasteiger partial charge in [0.15, 0.2) is 4.90 Å². The van der Waals surface area contributed by atoms with E-state index in [2.05, 4.69) is 0 Å². The molecule has 1 fully saturated rings. The van der Waals surface area contributed by atoms with Crippen molar-refractivity contribution in [2.24, 2.45) is 5.73 Å². The van der Waals surface area contributed by atoms with Gasteiger partial charge in [-0.3, -0.25) is 0 Å². The summed E-state index contributed by atoms with van der Waals surface area (Å²) >= 11 is 0. The zero-order valence-corrected chi connectivity index (χ0v) is 14.3. The summed E-state index contributed by atoms with van der Waals surface area (Å²) in [5.74, 6) is 0.772. The summed E-state index contributed by atoms with van der Waals surface area (Å²) in [6.07, 6.45) is -0.325. The van der Waals surface area contributed by atoms with Crippen molar-refractivity contribution < 1.29 is 27.4 Å². The number of nitrogens with zero attached hydrogens (tertiary/aromatic N) is 1. The third-order valence-electron chi connectivity index (χ3n) is 3.63. The second-order valence-electron chi connectivity index (χ2n) is 4.95. The van der Waals surface area contributed by atoms with E-state index in [4.69, 9.17) is 24.7 Å². The van der Waals surface area contributed by atoms with Crippen molar-refractivity contribution in [3.63, 3.8) is 0 Å². The monoisotopic (exact) mass is 346 g/mol. The first kappa shape index (κ1) is 17.8. The Kier molecular flexibility index (Phi) is 5.69. The third kappa shape index (κ3) is 3.52. The van der Waals surface area contributed by atoms with E-state index < -0.39 is 10.0 Å². The first-order chi connectivity index (χ1) is 11.0. The fourth-order valence-corrected chi connectivity index (χ4v) is 4.14. The van der Waals surface area contributed by atoms with Gasteiger partial charge in [0.1, 0.15) is 17.2 Å². The smallest absolute Gasteiger partial charge is 0.250 e. The van der Waals surface area contributed by atoms with Gasteiger partial charge in [-0.05, 0) is 0 Å². The van der Waals surface area contributed by atoms with Crippen LogP contribution in [0.2, 0.25) is 0 Å². The molecule has 1 aliphatic heterocycles. The molecule has 130 valence electrons. The summed E-state index contributed by atoms with van der Waals surface area (Å²) in [6.45, 7) is 0.985. The fourth-order valence-electron chi connectivity index (χ4n) is 2.41. The van der Waals surface area contributed by atoms with Crippen LogP contribution in [0.4, 0.5) is 0 Å². The number of hydrogen-bond acceptors (Lipinski definition) is 7. The number of ether oxygens (including phenoxy) is 4. The molecular formula is C14H22N2O6S. The van der Waals surface area contributed by atoms with Gasteiger partial charge in [-0.2, -0.15) is 4.31 Å². The minimum Gasteiger partial charge on any atom is -0.496 e. The van der Waals surface area contributed by atoms with Crippen LogP contribution in [-0.2, 0) is 14.8 Å². The highest BCUT2D eigenvalue weighted by molar-refractivity contribution is 7.89. The molecule has 0 bridgehead atoms. The van der Waals surface area contributed by atoms with Crippen LogP contribution in [-0.4, -0.2) is 66.4 Å². The molecule has 1 aromatic carbocycles. The third-order valence-corrected chi connectivity index (χ3v) is 5.56. The number of nitrogens with two attached hydrogens (primary N) is 1. The maximum atomic E-state index is 13.0. The molecule has 0 saturated carbocycles. The number of methoxy groups -OCH3 is 3. The number of benzene rings is 1. The van der Waals surface area contributed by atoms with E-state index in [1.165, 1.54) is 37.8 Å². The standard InChI is InChI=1S/C14H22N2O6S/c1-19-10-6-12(20-2)14(13(7-10)21-3)23(17,18)16-4-5-22-11(8-15)9-16/h6-7,11H,4-5,8-9,15H2,1-3H3. The van der Waals surface area contributed by atoms with Gasteiger partial charge in [0.05, 0.1) is 34.0 Å². The molecule has 0 spiro atoms. The minimum absolute atomic E-state index is 0.0269. The van der Waals surface area contributed by atoms with Crippen molar-refractivity contribution in [3.8, 4) is 17.2 Å². The molecule has 1 aliphatic rings. The Balaban J connectivity index is 2.50. The molecule has 2 rings (SSSR count). The van der Waals surface area contributed by atoms with Crippen LogP contribution in [0.3, 0.4) is 0 Å². The van der Waals surface area contributed by atoms with E-state index >= 15 is 0 Å². The van der Waals surface area contributed by atoms with Crippen LogP contribution in [0.15, 0.2) is 17.0 Å². The van der Waals surface area contributed by atoms with Crippen LogP contribution in [0.5, 0.6) is 17.2 Å². The lowest BCUT2D eigenvalue weighted by molar-refractivity contribution is 0.00443. The van der Waals surface area contributed by atoms with Gasteiger partial charge < -0.3 is 24.7 Å². The average molecular weight is 346 g/mol. The Bertz CT molecular complexity index is 624. The van der Waals surface area contributed by atoms with Crippen LogP contribution >= 0.6 is 0 Å². The number of rotatable bonds is 6. The molecular weight excluding hydrogens is 324 g/mol. The highest BCUT2D eigenvalue weighted by atomic mass is 32.2. The second-order valence-corrected chi connectivity index (χ2v) is 6.83. The molecule has 8 nitrogen and oxygen atoms in total. The highest BCUT2D eigenvalue weighted by Gasteiger charge is 2.35. The summed E-state index contributed by atoms with van der Waals surface area (Å²) in [5.41, 5.74) is 5.59. The molecule has 1 saturated heterocycles. The predicted octanol–water partition coefficient (Wildman–Crippen LogP) is 0.0606. The molecule has 0 amide bonds. The fraction of sp³-hybridized carbons (Fsp3) is 0.571. The van der Waals surface area contributed by atoms with Crippen LogP contribution in [0, 0.1) is 0 Å². The average Bonchev–Trinajstić information content (AvgIpc) is 2.60. The Morgan fingerprint density at radius 1 is 1.22 bits per heavy atom. The largest absolute Gasteiger partial charge is 0.496 e. The lowest BCUT2D eigenvalue weighted by atomic mass is 10.3. The van der Waals surface area contributed by atoms with Crippen LogP contribution < -0.4 is 19.9 Å². The highest BCUT2D eigenvalue weighted by Crippen LogP contribution is 2.39. The summed E-state index contributed by atoms with van der Waals surface area (Å²) in [4.78, 5) is -0.0269. The molecule has 1 atom stereocenters. The van der Waals surface area contributed by atoms with Crippen LogP contribution in [0.1, 0.15) is 0 Å². The quantitative estimate of drug-likeness (QED) is 0.777. The topological polar surface area (TPSA) is 100 Å². The van der Waals surface area contributed by atoms with Crippen molar-refractivity contribution in [2.45, 2.75) is 11.0 Å². The molecule has 2 N–H and O–H groups in total. The molecule has 9 heteroatoms. The Labute approximate surface area is 136 Å². The van der Waals surface area contributed by atoms with Crippen molar-refractivity contribution >= 4 is 10.0 Å². The zero-order valence-electron chi connectivity index (χ0n) is 13.4. The molecule has 1 heterocycles. The maximum Gasteiger partial charge on any atom is 0.250 e. The second kappa shape index (κ2) is 7.35. The van der Waals surface area contributed by atoms with E-state index in [1.807, 2.05) is 0 Å². The zero-order chi connectivity index (χ0) is 17.0. The summed E-state index contributed by atoms with van der Waals surface area (Å²) in [7, 11) is 0.455. The van der Waals surface area contributed by atoms with Crippen LogP contribution in [0.25, 0.3) is 0 Å². The molecule has 23 heavy (non-hydrogen) atoms. The van der Waals surface area contributed by atoms with Gasteiger partial charge >= 0.3 is 0 Å². The Morgan fingerprint density at radius 2 is 1.83 bits per heavy atom. The van der Waals surface area contributed by atoms with E-state index in [1.54, 1.807) is 0 Å². The minimum atomic E-state index is -3.82. The van der Waals surface area contributed by atoms with Gasteiger partial charge in [0, 0.05) is 31.8 Å². The molecule has 1 unspecified atom stereocenters. The van der Waals surface area contributed by atoms with E-state index in [9.17, 15) is 8.42 Å². The number of sulfonamides is 1. The molecule has 0 radical (unpaired) electrons. The van der Waals surface area contributed by atoms with Gasteiger partial charge in [-0.25, -0.2) is 8.42 Å². The maximum absolute atomic E-state index is 13.0. The SMILES string of the molecule is COc1cc(OC)c(S(=O)(=O)N2CCOC(CN)C2)c(OC)c1. The van der Waals surface area contributed by atoms with Crippen molar-refractivity contribution in [1.29, 1.82) is 0 Å². The Hall–Kier alpha value is -1.55. The van der Waals surface area contributed by atoms with E-state index in [-0.39, 0.29) is 42.1 Å². The normalized spacial score (nSPS) is 19.4. The molecule has 1 aromatic rings. The summed E-state index contributed by atoms with van der Waals surface area (Å²) in [6, 6.07) is 3.02. The first-order valence-electron chi connectivity index (χ1n) is 7.09. The molecule has 0 aliphatic carbocycles. The Morgan fingerprint density at radius 3 is 2.30 bits per heavy atom. The van der Waals surface area contributed by atoms with Gasteiger partial charge in [-0.1, -0.05) is 0 Å². The summed E-state index contributed by atoms with van der Waals surface area (Å²) < 4.78 is 48.5. The van der Waals surface area contributed by atoms with Crippen molar-refractivity contribution in [3.05, 3.63) is 12.1 Å². The van der Waals surface area contributed by atoms with E-state index in [0.717, 1.165) is 0 Å². The van der Waals surface area contributed by atoms with Gasteiger partial charge in [-0.15, -0.1) is 0 Å². The number of hydrogen-bond donors (Lipinski definition) is 1.